The fourth-order valence-electron chi connectivity index (χ4n) is 2.20. The predicted molar refractivity (Wildman–Crippen MR) is 76.9 cm³/mol. The van der Waals surface area contributed by atoms with Crippen molar-refractivity contribution in [1.82, 2.24) is 18.9 Å². The lowest BCUT2D eigenvalue weighted by molar-refractivity contribution is 0.542. The van der Waals surface area contributed by atoms with Gasteiger partial charge in [0.1, 0.15) is 11.6 Å². The molecular weight excluding hydrogens is 270 g/mol. The fraction of sp³-hybridized carbons (Fsp3) is 0.429. The van der Waals surface area contributed by atoms with Crippen LogP contribution in [0.1, 0.15) is 24.5 Å². The van der Waals surface area contributed by atoms with E-state index in [2.05, 4.69) is 5.10 Å². The fourth-order valence-corrected chi connectivity index (χ4v) is 2.20. The molecule has 0 saturated carbocycles. The summed E-state index contributed by atoms with van der Waals surface area (Å²) in [6.45, 7) is 2.52. The molecule has 0 aliphatic heterocycles. The molecule has 0 saturated heterocycles. The summed E-state index contributed by atoms with van der Waals surface area (Å²) in [5.74, 6) is 0. The topological polar surface area (TPSA) is 85.6 Å². The van der Waals surface area contributed by atoms with E-state index in [1.165, 1.54) is 10.8 Å². The molecule has 0 amide bonds. The number of aromatic nitrogens is 4. The summed E-state index contributed by atoms with van der Waals surface area (Å²) in [5.41, 5.74) is 0.168. The molecule has 0 unspecified atom stereocenters. The predicted octanol–water partition coefficient (Wildman–Crippen LogP) is 0.268. The molecule has 0 fully saturated rings. The highest BCUT2D eigenvalue weighted by molar-refractivity contribution is 5.22. The van der Waals surface area contributed by atoms with Crippen molar-refractivity contribution >= 4 is 0 Å². The second-order valence-corrected chi connectivity index (χ2v) is 4.81. The van der Waals surface area contributed by atoms with Crippen molar-refractivity contribution in [3.63, 3.8) is 0 Å². The van der Waals surface area contributed by atoms with Crippen LogP contribution in [0, 0.1) is 11.3 Å². The smallest absolute Gasteiger partial charge is 0.299 e. The van der Waals surface area contributed by atoms with Gasteiger partial charge in [0.05, 0.1) is 6.20 Å². The molecule has 7 nitrogen and oxygen atoms in total. The first-order valence-electron chi connectivity index (χ1n) is 6.78. The van der Waals surface area contributed by atoms with Gasteiger partial charge in [0.25, 0.3) is 5.56 Å². The largest absolute Gasteiger partial charge is 0.331 e. The monoisotopic (exact) mass is 287 g/mol. The number of nitrogens with zero attached hydrogens (tertiary/aromatic N) is 5. The van der Waals surface area contributed by atoms with Crippen LogP contribution in [-0.4, -0.2) is 18.9 Å². The van der Waals surface area contributed by atoms with Gasteiger partial charge in [-0.3, -0.25) is 18.6 Å². The van der Waals surface area contributed by atoms with E-state index >= 15 is 0 Å². The van der Waals surface area contributed by atoms with Gasteiger partial charge in [0.2, 0.25) is 0 Å². The Labute approximate surface area is 121 Å². The van der Waals surface area contributed by atoms with Gasteiger partial charge in [-0.05, 0) is 25.3 Å². The Morgan fingerprint density at radius 1 is 1.33 bits per heavy atom. The highest BCUT2D eigenvalue weighted by Gasteiger charge is 2.10. The zero-order valence-corrected chi connectivity index (χ0v) is 12.1. The lowest BCUT2D eigenvalue weighted by Gasteiger charge is -2.08. The molecule has 0 aliphatic rings. The second-order valence-electron chi connectivity index (χ2n) is 4.81. The first-order valence-corrected chi connectivity index (χ1v) is 6.78. The van der Waals surface area contributed by atoms with E-state index in [-0.39, 0.29) is 11.3 Å². The lowest BCUT2D eigenvalue weighted by atomic mass is 10.2. The molecule has 2 aromatic heterocycles. The Kier molecular flexibility index (Phi) is 4.38. The molecule has 0 N–H and O–H groups in total. The number of rotatable bonds is 5. The molecule has 2 rings (SSSR count). The highest BCUT2D eigenvalue weighted by atomic mass is 16.2. The van der Waals surface area contributed by atoms with Gasteiger partial charge >= 0.3 is 5.69 Å². The normalized spacial score (nSPS) is 10.5. The van der Waals surface area contributed by atoms with Crippen LogP contribution >= 0.6 is 0 Å². The van der Waals surface area contributed by atoms with Gasteiger partial charge in [-0.1, -0.05) is 0 Å². The first-order chi connectivity index (χ1) is 10.1. The molecule has 21 heavy (non-hydrogen) atoms. The second kappa shape index (κ2) is 6.22. The Morgan fingerprint density at radius 2 is 2.10 bits per heavy atom. The molecular formula is C14H17N5O2. The Morgan fingerprint density at radius 3 is 2.67 bits per heavy atom. The van der Waals surface area contributed by atoms with Crippen molar-refractivity contribution in [2.75, 3.05) is 0 Å². The summed E-state index contributed by atoms with van der Waals surface area (Å²) in [4.78, 5) is 24.2. The minimum absolute atomic E-state index is 0.00201. The summed E-state index contributed by atoms with van der Waals surface area (Å²) in [7, 11) is 1.84. The molecule has 0 aromatic carbocycles. The molecule has 0 aliphatic carbocycles. The third kappa shape index (κ3) is 3.11. The van der Waals surface area contributed by atoms with Crippen LogP contribution in [0.5, 0.6) is 0 Å². The third-order valence-corrected chi connectivity index (χ3v) is 3.30. The van der Waals surface area contributed by atoms with Gasteiger partial charge in [0, 0.05) is 32.5 Å². The minimum Gasteiger partial charge on any atom is -0.299 e. The standard InChI is InChI=1S/C14H17N5O2/c1-3-18-10-12(7-15)13(20)19(14(18)21)6-4-5-11-8-16-17(2)9-11/h8-10H,3-6H2,1-2H3. The SMILES string of the molecule is CCn1cc(C#N)c(=O)n(CCCc2cnn(C)c2)c1=O. The molecule has 0 radical (unpaired) electrons. The van der Waals surface area contributed by atoms with Crippen LogP contribution in [0.15, 0.2) is 28.2 Å². The molecule has 7 heteroatoms. The van der Waals surface area contributed by atoms with E-state index in [1.54, 1.807) is 17.8 Å². The summed E-state index contributed by atoms with van der Waals surface area (Å²) in [6, 6.07) is 1.84. The van der Waals surface area contributed by atoms with Gasteiger partial charge in [0.15, 0.2) is 0 Å². The molecule has 110 valence electrons. The van der Waals surface area contributed by atoms with Crippen LogP contribution in [0.4, 0.5) is 0 Å². The van der Waals surface area contributed by atoms with E-state index in [1.807, 2.05) is 19.3 Å². The minimum atomic E-state index is -0.515. The third-order valence-electron chi connectivity index (χ3n) is 3.30. The Hall–Kier alpha value is -2.62. The quantitative estimate of drug-likeness (QED) is 0.790. The van der Waals surface area contributed by atoms with E-state index < -0.39 is 5.56 Å². The van der Waals surface area contributed by atoms with Crippen molar-refractivity contribution < 1.29 is 0 Å². The van der Waals surface area contributed by atoms with Crippen LogP contribution in [0.3, 0.4) is 0 Å². The van der Waals surface area contributed by atoms with Gasteiger partial charge in [-0.25, -0.2) is 4.79 Å². The molecule has 0 spiro atoms. The Balaban J connectivity index is 2.21. The van der Waals surface area contributed by atoms with Crippen molar-refractivity contribution in [2.45, 2.75) is 32.9 Å². The maximum absolute atomic E-state index is 12.1. The summed E-state index contributed by atoms with van der Waals surface area (Å²) in [6.07, 6.45) is 6.35. The van der Waals surface area contributed by atoms with E-state index in [0.717, 1.165) is 16.6 Å². The zero-order valence-electron chi connectivity index (χ0n) is 12.1. The number of nitriles is 1. The van der Waals surface area contributed by atoms with Crippen LogP contribution in [0.2, 0.25) is 0 Å². The lowest BCUT2D eigenvalue weighted by Crippen LogP contribution is -2.40. The molecule has 0 bridgehead atoms. The van der Waals surface area contributed by atoms with Crippen molar-refractivity contribution in [2.24, 2.45) is 7.05 Å². The average Bonchev–Trinajstić information content (AvgIpc) is 2.88. The van der Waals surface area contributed by atoms with E-state index in [0.29, 0.717) is 19.5 Å². The zero-order chi connectivity index (χ0) is 15.4. The van der Waals surface area contributed by atoms with E-state index in [4.69, 9.17) is 5.26 Å². The molecule has 2 aromatic rings. The maximum Gasteiger partial charge on any atom is 0.331 e. The molecule has 0 atom stereocenters. The number of hydrogen-bond acceptors (Lipinski definition) is 4. The van der Waals surface area contributed by atoms with E-state index in [9.17, 15) is 9.59 Å². The summed E-state index contributed by atoms with van der Waals surface area (Å²) in [5, 5.41) is 13.0. The Bertz CT molecular complexity index is 791. The van der Waals surface area contributed by atoms with Crippen molar-refractivity contribution in [3.8, 4) is 6.07 Å². The first kappa shape index (κ1) is 14.8. The van der Waals surface area contributed by atoms with Gasteiger partial charge in [-0.2, -0.15) is 10.4 Å². The summed E-state index contributed by atoms with van der Waals surface area (Å²) >= 11 is 0. The number of hydrogen-bond donors (Lipinski definition) is 0. The maximum atomic E-state index is 12.1. The van der Waals surface area contributed by atoms with Crippen LogP contribution in [-0.2, 0) is 26.6 Å². The van der Waals surface area contributed by atoms with Gasteiger partial charge < -0.3 is 0 Å². The van der Waals surface area contributed by atoms with Crippen LogP contribution in [0.25, 0.3) is 0 Å². The van der Waals surface area contributed by atoms with Crippen molar-refractivity contribution in [3.05, 3.63) is 50.6 Å². The number of aryl methyl sites for hydroxylation is 3. The molecule has 2 heterocycles. The van der Waals surface area contributed by atoms with Gasteiger partial charge in [-0.15, -0.1) is 0 Å². The summed E-state index contributed by atoms with van der Waals surface area (Å²) < 4.78 is 4.23. The average molecular weight is 287 g/mol. The van der Waals surface area contributed by atoms with Crippen molar-refractivity contribution in [1.29, 1.82) is 5.26 Å². The highest BCUT2D eigenvalue weighted by Crippen LogP contribution is 2.01. The van der Waals surface area contributed by atoms with Crippen LogP contribution < -0.4 is 11.2 Å².